The summed E-state index contributed by atoms with van der Waals surface area (Å²) in [6.45, 7) is 1.13. The Morgan fingerprint density at radius 3 is 2.87 bits per heavy atom. The van der Waals surface area contributed by atoms with Gasteiger partial charge >= 0.3 is 0 Å². The van der Waals surface area contributed by atoms with Crippen LogP contribution in [0.15, 0.2) is 41.5 Å². The number of fused-ring (bicyclic) bond motifs is 3. The zero-order valence-electron chi connectivity index (χ0n) is 21.7. The van der Waals surface area contributed by atoms with E-state index in [1.54, 1.807) is 43.1 Å². The van der Waals surface area contributed by atoms with Gasteiger partial charge in [-0.05, 0) is 37.8 Å². The molecule has 7 rings (SSSR count). The SMILES string of the molecule is CNc1cc(Nc2cccn(-c3cc4n(n3)C3(CC3)COC4)c2=O)nc2c(C(=O)N[C@@H]3CC[C@H]3OC)cnn12. The summed E-state index contributed by atoms with van der Waals surface area (Å²) in [7, 11) is 3.40. The van der Waals surface area contributed by atoms with Gasteiger partial charge in [0.2, 0.25) is 0 Å². The molecule has 13 nitrogen and oxygen atoms in total. The first-order valence-electron chi connectivity index (χ1n) is 13.1. The lowest BCUT2D eigenvalue weighted by molar-refractivity contribution is 0.00732. The number of rotatable bonds is 7. The quantitative estimate of drug-likeness (QED) is 0.325. The number of anilines is 3. The zero-order chi connectivity index (χ0) is 26.7. The molecule has 4 aromatic heterocycles. The summed E-state index contributed by atoms with van der Waals surface area (Å²) < 4.78 is 16.3. The van der Waals surface area contributed by atoms with E-state index in [2.05, 4.69) is 26.0 Å². The van der Waals surface area contributed by atoms with Crippen LogP contribution < -0.4 is 21.5 Å². The molecule has 2 fully saturated rings. The molecule has 1 amide bonds. The fourth-order valence-corrected chi connectivity index (χ4v) is 5.38. The molecule has 0 radical (unpaired) electrons. The highest BCUT2D eigenvalue weighted by Crippen LogP contribution is 2.46. The number of nitrogens with one attached hydrogen (secondary N) is 3. The van der Waals surface area contributed by atoms with Crippen molar-refractivity contribution in [3.8, 4) is 5.82 Å². The minimum atomic E-state index is -0.272. The predicted octanol–water partition coefficient (Wildman–Crippen LogP) is 1.79. The fraction of sp³-hybridized carbons (Fsp3) is 0.423. The van der Waals surface area contributed by atoms with E-state index in [-0.39, 0.29) is 29.2 Å². The van der Waals surface area contributed by atoms with Crippen LogP contribution in [0, 0.1) is 0 Å². The maximum atomic E-state index is 13.5. The highest BCUT2D eigenvalue weighted by molar-refractivity contribution is 6.00. The van der Waals surface area contributed by atoms with E-state index < -0.39 is 0 Å². The lowest BCUT2D eigenvalue weighted by Crippen LogP contribution is -2.51. The van der Waals surface area contributed by atoms with E-state index in [0.717, 1.165) is 31.4 Å². The molecule has 2 aliphatic carbocycles. The Bertz CT molecular complexity index is 1650. The number of hydrogen-bond donors (Lipinski definition) is 3. The van der Waals surface area contributed by atoms with E-state index in [9.17, 15) is 9.59 Å². The highest BCUT2D eigenvalue weighted by atomic mass is 16.5. The van der Waals surface area contributed by atoms with E-state index in [1.807, 2.05) is 10.7 Å². The average molecular weight is 532 g/mol. The number of hydrogen-bond acceptors (Lipinski definition) is 9. The van der Waals surface area contributed by atoms with Crippen molar-refractivity contribution in [2.24, 2.45) is 0 Å². The van der Waals surface area contributed by atoms with Crippen LogP contribution in [0.25, 0.3) is 11.5 Å². The predicted molar refractivity (Wildman–Crippen MR) is 142 cm³/mol. The summed E-state index contributed by atoms with van der Waals surface area (Å²) in [6.07, 6.45) is 7.04. The monoisotopic (exact) mass is 531 g/mol. The number of ether oxygens (including phenoxy) is 2. The van der Waals surface area contributed by atoms with Crippen LogP contribution in [0.1, 0.15) is 41.7 Å². The number of amides is 1. The van der Waals surface area contributed by atoms with E-state index in [4.69, 9.17) is 14.6 Å². The molecule has 3 aliphatic rings. The fourth-order valence-electron chi connectivity index (χ4n) is 5.38. The first-order valence-corrected chi connectivity index (χ1v) is 13.1. The second-order valence-corrected chi connectivity index (χ2v) is 10.3. The molecule has 4 aromatic rings. The maximum Gasteiger partial charge on any atom is 0.280 e. The molecule has 1 spiro atoms. The minimum absolute atomic E-state index is 0.0114. The second-order valence-electron chi connectivity index (χ2n) is 10.3. The smallest absolute Gasteiger partial charge is 0.280 e. The third-order valence-corrected chi connectivity index (χ3v) is 7.93. The summed E-state index contributed by atoms with van der Waals surface area (Å²) >= 11 is 0. The van der Waals surface area contributed by atoms with Gasteiger partial charge in [0.15, 0.2) is 11.5 Å². The number of carbonyl (C=O) groups is 1. The summed E-state index contributed by atoms with van der Waals surface area (Å²) in [5.74, 6) is 1.28. The van der Waals surface area contributed by atoms with Crippen molar-refractivity contribution in [3.63, 3.8) is 0 Å². The van der Waals surface area contributed by atoms with E-state index in [1.165, 1.54) is 10.8 Å². The Labute approximate surface area is 223 Å². The van der Waals surface area contributed by atoms with Crippen molar-refractivity contribution in [3.05, 3.63) is 58.3 Å². The first-order chi connectivity index (χ1) is 19.0. The number of aromatic nitrogens is 6. The van der Waals surface area contributed by atoms with E-state index >= 15 is 0 Å². The molecule has 0 aromatic carbocycles. The number of methoxy groups -OCH3 is 1. The Balaban J connectivity index is 1.20. The number of carbonyl (C=O) groups excluding carboxylic acids is 1. The van der Waals surface area contributed by atoms with Crippen molar-refractivity contribution >= 4 is 28.9 Å². The molecule has 1 aliphatic heterocycles. The van der Waals surface area contributed by atoms with Gasteiger partial charge in [-0.15, -0.1) is 0 Å². The van der Waals surface area contributed by atoms with Gasteiger partial charge in [0.1, 0.15) is 22.9 Å². The molecule has 0 bridgehead atoms. The van der Waals surface area contributed by atoms with Gasteiger partial charge in [-0.25, -0.2) is 4.98 Å². The van der Waals surface area contributed by atoms with Crippen molar-refractivity contribution < 1.29 is 14.3 Å². The Kier molecular flexibility index (Phi) is 5.45. The molecule has 13 heteroatoms. The molecule has 2 saturated carbocycles. The standard InChI is InChI=1S/C26H29N9O4/c1-27-21-11-20(31-23-16(12-28-34(21)23)24(36)30-17-5-6-19(17)38-2)29-18-4-3-9-33(25(18)37)22-10-15-13-39-14-26(7-8-26)35(15)32-22/h3-4,9-12,17,19,27H,5-8,13-14H2,1-2H3,(H,29,31)(H,30,36)/t17-,19-/m1/s1. The molecular formula is C26H29N9O4. The van der Waals surface area contributed by atoms with Crippen LogP contribution in [-0.2, 0) is 21.6 Å². The zero-order valence-corrected chi connectivity index (χ0v) is 21.7. The molecule has 202 valence electrons. The lowest BCUT2D eigenvalue weighted by Gasteiger charge is -2.35. The Morgan fingerprint density at radius 2 is 2.13 bits per heavy atom. The molecule has 0 saturated heterocycles. The van der Waals surface area contributed by atoms with Gasteiger partial charge < -0.3 is 25.4 Å². The van der Waals surface area contributed by atoms with Crippen LogP contribution in [0.3, 0.4) is 0 Å². The molecule has 3 N–H and O–H groups in total. The number of pyridine rings is 1. The lowest BCUT2D eigenvalue weighted by atomic mass is 9.89. The summed E-state index contributed by atoms with van der Waals surface area (Å²) in [5, 5.41) is 18.4. The summed E-state index contributed by atoms with van der Waals surface area (Å²) in [5.41, 5.74) is 1.66. The van der Waals surface area contributed by atoms with Crippen LogP contribution >= 0.6 is 0 Å². The van der Waals surface area contributed by atoms with Gasteiger partial charge in [-0.2, -0.15) is 14.7 Å². The highest BCUT2D eigenvalue weighted by Gasteiger charge is 2.49. The topological polar surface area (TPSA) is 142 Å². The van der Waals surface area contributed by atoms with E-state index in [0.29, 0.717) is 47.6 Å². The Morgan fingerprint density at radius 1 is 1.26 bits per heavy atom. The molecular weight excluding hydrogens is 502 g/mol. The molecule has 39 heavy (non-hydrogen) atoms. The summed E-state index contributed by atoms with van der Waals surface area (Å²) in [6, 6.07) is 7.07. The van der Waals surface area contributed by atoms with Gasteiger partial charge in [0.05, 0.1) is 42.8 Å². The van der Waals surface area contributed by atoms with Crippen molar-refractivity contribution in [2.75, 3.05) is 31.4 Å². The number of nitrogens with zero attached hydrogens (tertiary/aromatic N) is 6. The van der Waals surface area contributed by atoms with Gasteiger partial charge in [0.25, 0.3) is 11.5 Å². The van der Waals surface area contributed by atoms with Crippen molar-refractivity contribution in [1.29, 1.82) is 0 Å². The maximum absolute atomic E-state index is 13.5. The summed E-state index contributed by atoms with van der Waals surface area (Å²) in [4.78, 5) is 31.2. The molecule has 0 unspecified atom stereocenters. The Hall–Kier alpha value is -4.23. The third-order valence-electron chi connectivity index (χ3n) is 7.93. The normalized spacial score (nSPS) is 20.9. The third kappa shape index (κ3) is 3.88. The van der Waals surface area contributed by atoms with Gasteiger partial charge in [-0.1, -0.05) is 0 Å². The van der Waals surface area contributed by atoms with Crippen LogP contribution in [0.5, 0.6) is 0 Å². The largest absolute Gasteiger partial charge is 0.379 e. The second kappa shape index (κ2) is 8.92. The minimum Gasteiger partial charge on any atom is -0.379 e. The van der Waals surface area contributed by atoms with Gasteiger partial charge in [0, 0.05) is 32.5 Å². The van der Waals surface area contributed by atoms with Crippen LogP contribution in [-0.4, -0.2) is 67.8 Å². The average Bonchev–Trinajstić information content (AvgIpc) is 3.34. The molecule has 5 heterocycles. The van der Waals surface area contributed by atoms with Crippen LogP contribution in [0.4, 0.5) is 17.3 Å². The van der Waals surface area contributed by atoms with Crippen molar-refractivity contribution in [2.45, 2.75) is 50.0 Å². The van der Waals surface area contributed by atoms with Gasteiger partial charge in [-0.3, -0.25) is 18.8 Å². The van der Waals surface area contributed by atoms with Crippen LogP contribution in [0.2, 0.25) is 0 Å². The first kappa shape index (κ1) is 23.9. The molecule has 2 atom stereocenters. The van der Waals surface area contributed by atoms with Crippen molar-refractivity contribution in [1.82, 2.24) is 34.3 Å².